The molecular weight excluding hydrogens is 248 g/mol. The number of rotatable bonds is 4. The maximum absolute atomic E-state index is 11.5. The van der Waals surface area contributed by atoms with E-state index in [4.69, 9.17) is 4.74 Å². The molecule has 0 aliphatic carbocycles. The summed E-state index contributed by atoms with van der Waals surface area (Å²) < 4.78 is 4.89. The van der Waals surface area contributed by atoms with Gasteiger partial charge in [-0.1, -0.05) is 60.7 Å². The Hall–Kier alpha value is -2.57. The predicted octanol–water partition coefficient (Wildman–Crippen LogP) is 3.84. The lowest BCUT2D eigenvalue weighted by atomic mass is 9.99. The molecule has 0 bridgehead atoms. The van der Waals surface area contributed by atoms with Gasteiger partial charge >= 0.3 is 5.97 Å². The van der Waals surface area contributed by atoms with Crippen molar-refractivity contribution in [2.24, 2.45) is 0 Å². The van der Waals surface area contributed by atoms with Gasteiger partial charge in [-0.2, -0.15) is 0 Å². The van der Waals surface area contributed by atoms with Crippen molar-refractivity contribution in [2.45, 2.75) is 6.92 Å². The molecule has 0 fully saturated rings. The summed E-state index contributed by atoms with van der Waals surface area (Å²) in [6, 6.07) is 19.7. The molecule has 20 heavy (non-hydrogen) atoms. The third-order valence-corrected chi connectivity index (χ3v) is 2.75. The fourth-order valence-corrected chi connectivity index (χ4v) is 1.86. The normalized spacial score (nSPS) is 9.45. The van der Waals surface area contributed by atoms with Crippen molar-refractivity contribution in [2.75, 3.05) is 6.61 Å². The van der Waals surface area contributed by atoms with Crippen LogP contribution in [0.2, 0.25) is 0 Å². The average Bonchev–Trinajstić information content (AvgIpc) is 2.50. The Bertz CT molecular complexity index is 579. The standard InChI is InChI=1S/C18H16O2/c1-2-20-18(19)14-13-17(15-9-5-3-6-10-15)16-11-7-4-8-12-16/h3-12,14H,2H2,1H3. The molecule has 0 N–H and O–H groups in total. The summed E-state index contributed by atoms with van der Waals surface area (Å²) in [6.07, 6.45) is 1.35. The van der Waals surface area contributed by atoms with Crippen molar-refractivity contribution < 1.29 is 9.53 Å². The predicted molar refractivity (Wildman–Crippen MR) is 80.1 cm³/mol. The van der Waals surface area contributed by atoms with Crippen molar-refractivity contribution in [3.63, 3.8) is 0 Å². The molecule has 2 rings (SSSR count). The van der Waals surface area contributed by atoms with E-state index in [2.05, 4.69) is 5.73 Å². The summed E-state index contributed by atoms with van der Waals surface area (Å²) in [6.45, 7) is 2.15. The van der Waals surface area contributed by atoms with Gasteiger partial charge in [-0.05, 0) is 18.1 Å². The molecule has 2 nitrogen and oxygen atoms in total. The third-order valence-electron chi connectivity index (χ3n) is 2.75. The van der Waals surface area contributed by atoms with Gasteiger partial charge < -0.3 is 4.74 Å². The number of carbonyl (C=O) groups excluding carboxylic acids is 1. The molecule has 2 aromatic carbocycles. The van der Waals surface area contributed by atoms with Crippen LogP contribution in [0.3, 0.4) is 0 Å². The van der Waals surface area contributed by atoms with E-state index in [1.807, 2.05) is 60.7 Å². The van der Waals surface area contributed by atoms with E-state index in [-0.39, 0.29) is 5.97 Å². The second-order valence-corrected chi connectivity index (χ2v) is 4.15. The zero-order chi connectivity index (χ0) is 14.2. The highest BCUT2D eigenvalue weighted by Crippen LogP contribution is 2.21. The van der Waals surface area contributed by atoms with Gasteiger partial charge in [0, 0.05) is 5.57 Å². The number of carbonyl (C=O) groups is 1. The Balaban J connectivity index is 2.46. The summed E-state index contributed by atoms with van der Waals surface area (Å²) in [5.41, 5.74) is 5.95. The second-order valence-electron chi connectivity index (χ2n) is 4.15. The van der Waals surface area contributed by atoms with Crippen molar-refractivity contribution in [3.05, 3.63) is 83.6 Å². The summed E-state index contributed by atoms with van der Waals surface area (Å²) >= 11 is 0. The minimum absolute atomic E-state index is 0.364. The number of esters is 1. The number of hydrogen-bond acceptors (Lipinski definition) is 2. The van der Waals surface area contributed by atoms with Crippen LogP contribution >= 0.6 is 0 Å². The first-order valence-corrected chi connectivity index (χ1v) is 6.55. The van der Waals surface area contributed by atoms with Crippen LogP contribution in [0.15, 0.2) is 72.5 Å². The fourth-order valence-electron chi connectivity index (χ4n) is 1.86. The molecule has 0 aliphatic heterocycles. The third kappa shape index (κ3) is 3.71. The molecule has 0 atom stereocenters. The largest absolute Gasteiger partial charge is 0.462 e. The van der Waals surface area contributed by atoms with E-state index in [1.54, 1.807) is 6.92 Å². The van der Waals surface area contributed by atoms with Gasteiger partial charge in [0.15, 0.2) is 0 Å². The molecule has 0 heterocycles. The van der Waals surface area contributed by atoms with Gasteiger partial charge in [-0.3, -0.25) is 0 Å². The van der Waals surface area contributed by atoms with Gasteiger partial charge in [0.2, 0.25) is 0 Å². The van der Waals surface area contributed by atoms with E-state index in [1.165, 1.54) is 6.08 Å². The average molecular weight is 264 g/mol. The van der Waals surface area contributed by atoms with Crippen molar-refractivity contribution in [3.8, 4) is 0 Å². The van der Waals surface area contributed by atoms with Gasteiger partial charge in [-0.15, -0.1) is 5.73 Å². The van der Waals surface area contributed by atoms with Gasteiger partial charge in [0.1, 0.15) is 0 Å². The molecule has 0 unspecified atom stereocenters. The molecule has 0 aromatic heterocycles. The first-order chi connectivity index (χ1) is 9.81. The SMILES string of the molecule is CCOC(=O)C=C=C(c1ccccc1)c1ccccc1. The zero-order valence-electron chi connectivity index (χ0n) is 11.4. The quantitative estimate of drug-likeness (QED) is 0.476. The molecule has 100 valence electrons. The van der Waals surface area contributed by atoms with Crippen molar-refractivity contribution >= 4 is 11.5 Å². The highest BCUT2D eigenvalue weighted by molar-refractivity contribution is 5.86. The van der Waals surface area contributed by atoms with Gasteiger partial charge in [0.25, 0.3) is 0 Å². The molecule has 0 aliphatic rings. The fraction of sp³-hybridized carbons (Fsp3) is 0.111. The van der Waals surface area contributed by atoms with Crippen molar-refractivity contribution in [1.29, 1.82) is 0 Å². The Morgan fingerprint density at radius 2 is 1.50 bits per heavy atom. The van der Waals surface area contributed by atoms with Crippen LogP contribution in [0.25, 0.3) is 5.57 Å². The van der Waals surface area contributed by atoms with Crippen LogP contribution in [-0.4, -0.2) is 12.6 Å². The minimum atomic E-state index is -0.378. The molecule has 2 aromatic rings. The van der Waals surface area contributed by atoms with E-state index >= 15 is 0 Å². The van der Waals surface area contributed by atoms with E-state index in [9.17, 15) is 4.79 Å². The van der Waals surface area contributed by atoms with Crippen LogP contribution in [0.4, 0.5) is 0 Å². The van der Waals surface area contributed by atoms with Crippen LogP contribution < -0.4 is 0 Å². The maximum atomic E-state index is 11.5. The summed E-state index contributed by atoms with van der Waals surface area (Å²) in [7, 11) is 0. The zero-order valence-corrected chi connectivity index (χ0v) is 11.4. The highest BCUT2D eigenvalue weighted by Gasteiger charge is 2.03. The number of benzene rings is 2. The summed E-state index contributed by atoms with van der Waals surface area (Å²) in [5.74, 6) is -0.378. The smallest absolute Gasteiger partial charge is 0.338 e. The maximum Gasteiger partial charge on any atom is 0.338 e. The number of hydrogen-bond donors (Lipinski definition) is 0. The highest BCUT2D eigenvalue weighted by atomic mass is 16.5. The lowest BCUT2D eigenvalue weighted by molar-refractivity contribution is -0.137. The van der Waals surface area contributed by atoms with E-state index in [0.29, 0.717) is 6.61 Å². The lowest BCUT2D eigenvalue weighted by Crippen LogP contribution is -1.98. The van der Waals surface area contributed by atoms with Gasteiger partial charge in [0.05, 0.1) is 12.7 Å². The first kappa shape index (κ1) is 13.9. The van der Waals surface area contributed by atoms with Crippen LogP contribution in [0.5, 0.6) is 0 Å². The molecular formula is C18H16O2. The first-order valence-electron chi connectivity index (χ1n) is 6.55. The lowest BCUT2D eigenvalue weighted by Gasteiger charge is -2.05. The Morgan fingerprint density at radius 3 is 1.95 bits per heavy atom. The Morgan fingerprint density at radius 1 is 1.00 bits per heavy atom. The van der Waals surface area contributed by atoms with Crippen molar-refractivity contribution in [1.82, 2.24) is 0 Å². The Labute approximate surface area is 119 Å². The Kier molecular flexibility index (Phi) is 4.94. The van der Waals surface area contributed by atoms with Crippen LogP contribution in [-0.2, 0) is 9.53 Å². The van der Waals surface area contributed by atoms with Gasteiger partial charge in [-0.25, -0.2) is 4.79 Å². The number of ether oxygens (including phenoxy) is 1. The molecule has 0 spiro atoms. The van der Waals surface area contributed by atoms with E-state index in [0.717, 1.165) is 16.7 Å². The molecule has 2 heteroatoms. The molecule has 0 amide bonds. The summed E-state index contributed by atoms with van der Waals surface area (Å²) in [5, 5.41) is 0. The van der Waals surface area contributed by atoms with E-state index < -0.39 is 0 Å². The van der Waals surface area contributed by atoms with Crippen LogP contribution in [0.1, 0.15) is 18.1 Å². The molecule has 0 saturated heterocycles. The minimum Gasteiger partial charge on any atom is -0.462 e. The molecule has 0 radical (unpaired) electrons. The molecule has 0 saturated carbocycles. The second kappa shape index (κ2) is 7.13. The monoisotopic (exact) mass is 264 g/mol. The summed E-state index contributed by atoms with van der Waals surface area (Å²) in [4.78, 5) is 11.5. The van der Waals surface area contributed by atoms with Crippen LogP contribution in [0, 0.1) is 0 Å². The topological polar surface area (TPSA) is 26.3 Å².